The molecular weight excluding hydrogens is 396 g/mol. The normalized spacial score (nSPS) is 14.7. The predicted octanol–water partition coefficient (Wildman–Crippen LogP) is 6.92. The topological polar surface area (TPSA) is 9.23 Å². The lowest BCUT2D eigenvalue weighted by molar-refractivity contribution is 0.436. The Morgan fingerprint density at radius 1 is 0.556 bits per heavy atom. The third kappa shape index (κ3) is 1.84. The van der Waals surface area contributed by atoms with E-state index in [0.29, 0.717) is 0 Å². The Hall–Kier alpha value is -2.84. The van der Waals surface area contributed by atoms with Gasteiger partial charge in [-0.3, -0.25) is 0 Å². The molecule has 0 amide bonds. The minimum Gasteiger partial charge on any atom is -0.457 e. The van der Waals surface area contributed by atoms with Crippen molar-refractivity contribution in [3.05, 3.63) is 118 Å². The van der Waals surface area contributed by atoms with E-state index in [9.17, 15) is 0 Å². The molecule has 0 unspecified atom stereocenters. The van der Waals surface area contributed by atoms with Crippen LogP contribution in [0.4, 0.5) is 0 Å². The summed E-state index contributed by atoms with van der Waals surface area (Å²) in [5, 5.41) is 0. The smallest absolute Gasteiger partial charge is 0.133 e. The van der Waals surface area contributed by atoms with Crippen molar-refractivity contribution >= 4 is 15.9 Å². The molecule has 128 valence electrons. The average molecular weight is 411 g/mol. The van der Waals surface area contributed by atoms with Crippen LogP contribution in [0.3, 0.4) is 0 Å². The van der Waals surface area contributed by atoms with E-state index in [1.54, 1.807) is 0 Å². The Balaban J connectivity index is 1.85. The molecule has 4 aromatic rings. The van der Waals surface area contributed by atoms with E-state index in [4.69, 9.17) is 4.74 Å². The lowest BCUT2D eigenvalue weighted by Gasteiger charge is -2.39. The summed E-state index contributed by atoms with van der Waals surface area (Å²) in [6.07, 6.45) is 0. The molecule has 2 heteroatoms. The minimum absolute atomic E-state index is 0.349. The van der Waals surface area contributed by atoms with Crippen molar-refractivity contribution < 1.29 is 4.74 Å². The third-order valence-corrected chi connectivity index (χ3v) is 6.30. The summed E-state index contributed by atoms with van der Waals surface area (Å²) < 4.78 is 7.37. The zero-order valence-electron chi connectivity index (χ0n) is 14.4. The molecule has 0 atom stereocenters. The van der Waals surface area contributed by atoms with Crippen molar-refractivity contribution in [2.75, 3.05) is 0 Å². The maximum atomic E-state index is 6.35. The molecule has 0 radical (unpaired) electrons. The summed E-state index contributed by atoms with van der Waals surface area (Å²) >= 11 is 3.61. The third-order valence-electron chi connectivity index (χ3n) is 5.81. The molecule has 0 saturated carbocycles. The molecule has 0 aromatic heterocycles. The molecule has 1 heterocycles. The van der Waals surface area contributed by atoms with Gasteiger partial charge in [0.1, 0.15) is 11.5 Å². The van der Waals surface area contributed by atoms with Gasteiger partial charge in [-0.05, 0) is 40.5 Å². The van der Waals surface area contributed by atoms with Gasteiger partial charge in [0, 0.05) is 15.6 Å². The van der Waals surface area contributed by atoms with E-state index in [0.717, 1.165) is 16.0 Å². The number of halogens is 1. The molecule has 27 heavy (non-hydrogen) atoms. The molecule has 1 spiro atoms. The quantitative estimate of drug-likeness (QED) is 0.264. The average Bonchev–Trinajstić information content (AvgIpc) is 3.00. The monoisotopic (exact) mass is 410 g/mol. The van der Waals surface area contributed by atoms with Crippen LogP contribution in [-0.4, -0.2) is 0 Å². The van der Waals surface area contributed by atoms with Gasteiger partial charge in [-0.15, -0.1) is 0 Å². The molecule has 1 nitrogen and oxygen atoms in total. The van der Waals surface area contributed by atoms with Crippen LogP contribution in [0.1, 0.15) is 22.3 Å². The second-order valence-electron chi connectivity index (χ2n) is 7.08. The van der Waals surface area contributed by atoms with Gasteiger partial charge in [0.2, 0.25) is 0 Å². The first kappa shape index (κ1) is 15.2. The van der Waals surface area contributed by atoms with Crippen LogP contribution in [0.2, 0.25) is 0 Å². The Bertz CT molecular complexity index is 1180. The fourth-order valence-corrected chi connectivity index (χ4v) is 5.17. The van der Waals surface area contributed by atoms with Gasteiger partial charge in [0.15, 0.2) is 0 Å². The fourth-order valence-electron chi connectivity index (χ4n) is 4.83. The summed E-state index contributed by atoms with van der Waals surface area (Å²) in [4.78, 5) is 0. The van der Waals surface area contributed by atoms with Gasteiger partial charge in [-0.25, -0.2) is 0 Å². The van der Waals surface area contributed by atoms with Crippen LogP contribution >= 0.6 is 15.9 Å². The van der Waals surface area contributed by atoms with Gasteiger partial charge >= 0.3 is 0 Å². The molecule has 4 aromatic carbocycles. The van der Waals surface area contributed by atoms with Crippen LogP contribution in [0.5, 0.6) is 11.5 Å². The lowest BCUT2D eigenvalue weighted by Crippen LogP contribution is -2.32. The standard InChI is InChI=1S/C25H15BrO/c26-16-13-14-22-24(15-16)27-23-12-6-5-11-21(23)25(22)19-9-3-1-7-17(19)18-8-2-4-10-20(18)25/h1-15H. The van der Waals surface area contributed by atoms with E-state index >= 15 is 0 Å². The van der Waals surface area contributed by atoms with Crippen molar-refractivity contribution in [2.24, 2.45) is 0 Å². The maximum absolute atomic E-state index is 6.35. The molecular formula is C25H15BrO. The Morgan fingerprint density at radius 3 is 1.81 bits per heavy atom. The van der Waals surface area contributed by atoms with Crippen LogP contribution in [0.25, 0.3) is 11.1 Å². The highest BCUT2D eigenvalue weighted by Gasteiger charge is 2.50. The maximum Gasteiger partial charge on any atom is 0.133 e. The van der Waals surface area contributed by atoms with E-state index in [2.05, 4.69) is 101 Å². The Kier molecular flexibility index (Phi) is 3.01. The second-order valence-corrected chi connectivity index (χ2v) is 8.00. The Labute approximate surface area is 166 Å². The van der Waals surface area contributed by atoms with Crippen LogP contribution < -0.4 is 4.74 Å². The van der Waals surface area contributed by atoms with Crippen molar-refractivity contribution in [3.8, 4) is 22.6 Å². The molecule has 1 aliphatic heterocycles. The number of benzene rings is 4. The highest BCUT2D eigenvalue weighted by atomic mass is 79.9. The van der Waals surface area contributed by atoms with Crippen LogP contribution in [0.15, 0.2) is 95.5 Å². The summed E-state index contributed by atoms with van der Waals surface area (Å²) in [6, 6.07) is 32.4. The van der Waals surface area contributed by atoms with Gasteiger partial charge < -0.3 is 4.74 Å². The number of ether oxygens (including phenoxy) is 1. The summed E-state index contributed by atoms with van der Waals surface area (Å²) in [5.74, 6) is 1.84. The number of fused-ring (bicyclic) bond motifs is 9. The minimum atomic E-state index is -0.349. The molecule has 0 N–H and O–H groups in total. The molecule has 2 aliphatic rings. The first-order valence-corrected chi connectivity index (χ1v) is 9.86. The number of hydrogen-bond acceptors (Lipinski definition) is 1. The van der Waals surface area contributed by atoms with Gasteiger partial charge in [0.05, 0.1) is 5.41 Å². The van der Waals surface area contributed by atoms with Gasteiger partial charge in [0.25, 0.3) is 0 Å². The van der Waals surface area contributed by atoms with E-state index in [-0.39, 0.29) is 5.41 Å². The predicted molar refractivity (Wildman–Crippen MR) is 112 cm³/mol. The van der Waals surface area contributed by atoms with E-state index in [1.165, 1.54) is 33.4 Å². The van der Waals surface area contributed by atoms with E-state index in [1.807, 2.05) is 6.07 Å². The first-order chi connectivity index (χ1) is 13.3. The van der Waals surface area contributed by atoms with Crippen LogP contribution in [0, 0.1) is 0 Å². The van der Waals surface area contributed by atoms with Crippen LogP contribution in [-0.2, 0) is 5.41 Å². The van der Waals surface area contributed by atoms with Crippen molar-refractivity contribution in [1.82, 2.24) is 0 Å². The largest absolute Gasteiger partial charge is 0.457 e. The summed E-state index contributed by atoms with van der Waals surface area (Å²) in [5.41, 5.74) is 7.31. The summed E-state index contributed by atoms with van der Waals surface area (Å²) in [6.45, 7) is 0. The zero-order chi connectivity index (χ0) is 18.0. The highest BCUT2D eigenvalue weighted by molar-refractivity contribution is 9.10. The number of rotatable bonds is 0. The van der Waals surface area contributed by atoms with Gasteiger partial charge in [-0.1, -0.05) is 88.7 Å². The SMILES string of the molecule is Brc1ccc2c(c1)Oc1ccccc1C21c2ccccc2-c2ccccc21. The molecule has 0 bridgehead atoms. The summed E-state index contributed by atoms with van der Waals surface area (Å²) in [7, 11) is 0. The molecule has 6 rings (SSSR count). The highest BCUT2D eigenvalue weighted by Crippen LogP contribution is 2.61. The lowest BCUT2D eigenvalue weighted by atomic mass is 9.66. The Morgan fingerprint density at radius 2 is 1.11 bits per heavy atom. The van der Waals surface area contributed by atoms with E-state index < -0.39 is 0 Å². The fraction of sp³-hybridized carbons (Fsp3) is 0.0400. The van der Waals surface area contributed by atoms with Gasteiger partial charge in [-0.2, -0.15) is 0 Å². The molecule has 0 fully saturated rings. The molecule has 0 saturated heterocycles. The van der Waals surface area contributed by atoms with Crippen molar-refractivity contribution in [1.29, 1.82) is 0 Å². The second kappa shape index (κ2) is 5.34. The molecule has 1 aliphatic carbocycles. The van der Waals surface area contributed by atoms with Crippen molar-refractivity contribution in [2.45, 2.75) is 5.41 Å². The zero-order valence-corrected chi connectivity index (χ0v) is 16.0. The number of hydrogen-bond donors (Lipinski definition) is 0. The number of para-hydroxylation sites is 1. The first-order valence-electron chi connectivity index (χ1n) is 9.07. The van der Waals surface area contributed by atoms with Crippen molar-refractivity contribution in [3.63, 3.8) is 0 Å².